The molecule has 1 heterocycles. The Balaban J connectivity index is 1.45. The molecular formula is C24H34N2O2. The number of allylic oxidation sites excluding steroid dienone is 1. The van der Waals surface area contributed by atoms with Crippen LogP contribution in [0.1, 0.15) is 70.8 Å². The third kappa shape index (κ3) is 2.59. The second-order valence-electron chi connectivity index (χ2n) is 10.7. The van der Waals surface area contributed by atoms with Crippen molar-refractivity contribution in [1.82, 2.24) is 9.78 Å². The Labute approximate surface area is 168 Å². The Morgan fingerprint density at radius 3 is 2.75 bits per heavy atom. The Kier molecular flexibility index (Phi) is 4.18. The molecule has 1 aromatic rings. The van der Waals surface area contributed by atoms with E-state index in [1.54, 1.807) is 4.68 Å². The monoisotopic (exact) mass is 382 g/mol. The van der Waals surface area contributed by atoms with Crippen LogP contribution in [0.15, 0.2) is 18.0 Å². The summed E-state index contributed by atoms with van der Waals surface area (Å²) in [6.07, 6.45) is 14.6. The van der Waals surface area contributed by atoms with Crippen molar-refractivity contribution in [2.75, 3.05) is 0 Å². The summed E-state index contributed by atoms with van der Waals surface area (Å²) in [6.45, 7) is 4.76. The lowest BCUT2D eigenvalue weighted by atomic mass is 9.45. The Morgan fingerprint density at radius 2 is 2.00 bits per heavy atom. The highest BCUT2D eigenvalue weighted by molar-refractivity contribution is 6.05. The average Bonchev–Trinajstić information content (AvgIpc) is 3.18. The molecule has 4 fully saturated rings. The molecule has 0 spiro atoms. The standard InChI is InChI=1S/C24H34N2O2/c1-23-8-6-18(27)12-17(23)4-5-19-20(23)7-9-24(2)21(19)11-16(22(24)28)10-15-13-25-26(3)14-15/h10,13-14,17-21,27H,4-9,11-12H2,1-3H3. The van der Waals surface area contributed by atoms with Crippen molar-refractivity contribution < 1.29 is 9.90 Å². The quantitative estimate of drug-likeness (QED) is 0.733. The highest BCUT2D eigenvalue weighted by atomic mass is 16.3. The van der Waals surface area contributed by atoms with E-state index in [2.05, 4.69) is 25.0 Å². The summed E-state index contributed by atoms with van der Waals surface area (Å²) < 4.78 is 1.80. The number of aryl methyl sites for hydroxylation is 1. The van der Waals surface area contributed by atoms with E-state index in [0.717, 1.165) is 49.2 Å². The summed E-state index contributed by atoms with van der Waals surface area (Å²) in [4.78, 5) is 13.4. The highest BCUT2D eigenvalue weighted by Crippen LogP contribution is 2.66. The van der Waals surface area contributed by atoms with Crippen LogP contribution in [0.4, 0.5) is 0 Å². The van der Waals surface area contributed by atoms with E-state index in [0.29, 0.717) is 29.0 Å². The van der Waals surface area contributed by atoms with Gasteiger partial charge in [0.2, 0.25) is 0 Å². The van der Waals surface area contributed by atoms with Gasteiger partial charge in [-0.2, -0.15) is 5.10 Å². The van der Waals surface area contributed by atoms with Gasteiger partial charge >= 0.3 is 0 Å². The number of aliphatic hydroxyl groups is 1. The molecule has 0 bridgehead atoms. The van der Waals surface area contributed by atoms with Crippen LogP contribution in [0, 0.1) is 34.5 Å². The van der Waals surface area contributed by atoms with Crippen LogP contribution >= 0.6 is 0 Å². The second kappa shape index (κ2) is 6.29. The molecule has 1 N–H and O–H groups in total. The van der Waals surface area contributed by atoms with Crippen LogP contribution < -0.4 is 0 Å². The van der Waals surface area contributed by atoms with Gasteiger partial charge in [-0.25, -0.2) is 0 Å². The molecule has 5 rings (SSSR count). The maximum atomic E-state index is 13.4. The maximum absolute atomic E-state index is 13.4. The Bertz CT molecular complexity index is 826. The summed E-state index contributed by atoms with van der Waals surface area (Å²) >= 11 is 0. The summed E-state index contributed by atoms with van der Waals surface area (Å²) in [5.74, 6) is 2.95. The summed E-state index contributed by atoms with van der Waals surface area (Å²) in [5, 5.41) is 14.5. The molecule has 0 saturated heterocycles. The fourth-order valence-corrected chi connectivity index (χ4v) is 7.75. The number of hydrogen-bond acceptors (Lipinski definition) is 3. The fourth-order valence-electron chi connectivity index (χ4n) is 7.75. The van der Waals surface area contributed by atoms with Crippen LogP contribution in [0.2, 0.25) is 0 Å². The predicted octanol–water partition coefficient (Wildman–Crippen LogP) is 4.39. The predicted molar refractivity (Wildman–Crippen MR) is 109 cm³/mol. The number of rotatable bonds is 1. The van der Waals surface area contributed by atoms with Crippen LogP contribution in [0.25, 0.3) is 6.08 Å². The molecule has 4 nitrogen and oxygen atoms in total. The molecule has 28 heavy (non-hydrogen) atoms. The van der Waals surface area contributed by atoms with Gasteiger partial charge in [-0.3, -0.25) is 9.48 Å². The molecule has 7 unspecified atom stereocenters. The molecule has 0 radical (unpaired) electrons. The van der Waals surface area contributed by atoms with Crippen molar-refractivity contribution in [3.63, 3.8) is 0 Å². The smallest absolute Gasteiger partial charge is 0.165 e. The van der Waals surface area contributed by atoms with E-state index in [-0.39, 0.29) is 11.5 Å². The van der Waals surface area contributed by atoms with E-state index in [1.165, 1.54) is 19.3 Å². The lowest BCUT2D eigenvalue weighted by Crippen LogP contribution is -2.54. The molecule has 0 amide bonds. The first kappa shape index (κ1) is 18.6. The van der Waals surface area contributed by atoms with Crippen LogP contribution in [-0.4, -0.2) is 26.8 Å². The second-order valence-corrected chi connectivity index (χ2v) is 10.7. The SMILES string of the molecule is Cn1cc(C=C2CC3C4CCC5CC(O)CCC5(C)C4CCC3(C)C2=O)cn1. The number of Topliss-reactive ketones (excluding diaryl/α,β-unsaturated/α-hetero) is 1. The number of ketones is 1. The van der Waals surface area contributed by atoms with Gasteiger partial charge in [0.25, 0.3) is 0 Å². The van der Waals surface area contributed by atoms with Gasteiger partial charge in [-0.1, -0.05) is 13.8 Å². The average molecular weight is 383 g/mol. The van der Waals surface area contributed by atoms with Crippen molar-refractivity contribution in [2.24, 2.45) is 41.5 Å². The molecular weight excluding hydrogens is 348 g/mol. The molecule has 4 heteroatoms. The zero-order chi connectivity index (χ0) is 19.7. The van der Waals surface area contributed by atoms with Crippen molar-refractivity contribution in [1.29, 1.82) is 0 Å². The summed E-state index contributed by atoms with van der Waals surface area (Å²) in [5.41, 5.74) is 2.25. The molecule has 0 aliphatic heterocycles. The van der Waals surface area contributed by atoms with E-state index in [9.17, 15) is 9.90 Å². The number of carbonyl (C=O) groups is 1. The highest BCUT2D eigenvalue weighted by Gasteiger charge is 2.61. The van der Waals surface area contributed by atoms with Gasteiger partial charge in [0.05, 0.1) is 12.3 Å². The zero-order valence-electron chi connectivity index (χ0n) is 17.5. The third-order valence-electron chi connectivity index (χ3n) is 9.34. The van der Waals surface area contributed by atoms with Crippen LogP contribution in [-0.2, 0) is 11.8 Å². The first-order valence-corrected chi connectivity index (χ1v) is 11.2. The lowest BCUT2D eigenvalue weighted by Gasteiger charge is -2.59. The largest absolute Gasteiger partial charge is 0.393 e. The molecule has 4 aliphatic carbocycles. The topological polar surface area (TPSA) is 55.1 Å². The minimum absolute atomic E-state index is 0.0921. The molecule has 4 aliphatic rings. The van der Waals surface area contributed by atoms with Crippen molar-refractivity contribution in [3.8, 4) is 0 Å². The normalized spacial score (nSPS) is 46.9. The number of aromatic nitrogens is 2. The first-order chi connectivity index (χ1) is 13.3. The summed E-state index contributed by atoms with van der Waals surface area (Å²) in [6, 6.07) is 0. The number of carbonyl (C=O) groups excluding carboxylic acids is 1. The van der Waals surface area contributed by atoms with Crippen LogP contribution in [0.3, 0.4) is 0 Å². The minimum Gasteiger partial charge on any atom is -0.393 e. The van der Waals surface area contributed by atoms with Crippen molar-refractivity contribution in [2.45, 2.75) is 71.3 Å². The van der Waals surface area contributed by atoms with Crippen LogP contribution in [0.5, 0.6) is 0 Å². The van der Waals surface area contributed by atoms with Gasteiger partial charge < -0.3 is 5.11 Å². The van der Waals surface area contributed by atoms with Crippen molar-refractivity contribution >= 4 is 11.9 Å². The number of aliphatic hydroxyl groups excluding tert-OH is 1. The third-order valence-corrected chi connectivity index (χ3v) is 9.34. The Morgan fingerprint density at radius 1 is 1.18 bits per heavy atom. The zero-order valence-corrected chi connectivity index (χ0v) is 17.5. The molecule has 7 atom stereocenters. The molecule has 152 valence electrons. The van der Waals surface area contributed by atoms with Gasteiger partial charge in [0, 0.05) is 24.2 Å². The van der Waals surface area contributed by atoms with E-state index >= 15 is 0 Å². The maximum Gasteiger partial charge on any atom is 0.165 e. The van der Waals surface area contributed by atoms with Gasteiger partial charge in [0.15, 0.2) is 5.78 Å². The number of fused-ring (bicyclic) bond motifs is 5. The van der Waals surface area contributed by atoms with E-state index < -0.39 is 0 Å². The fraction of sp³-hybridized carbons (Fsp3) is 0.750. The van der Waals surface area contributed by atoms with Crippen molar-refractivity contribution in [3.05, 3.63) is 23.5 Å². The minimum atomic E-state index is -0.174. The first-order valence-electron chi connectivity index (χ1n) is 11.2. The lowest BCUT2D eigenvalue weighted by molar-refractivity contribution is -0.141. The number of nitrogens with zero attached hydrogens (tertiary/aromatic N) is 2. The van der Waals surface area contributed by atoms with Gasteiger partial charge in [-0.15, -0.1) is 0 Å². The van der Waals surface area contributed by atoms with E-state index in [4.69, 9.17) is 0 Å². The van der Waals surface area contributed by atoms with E-state index in [1.807, 2.05) is 19.4 Å². The molecule has 4 saturated carbocycles. The van der Waals surface area contributed by atoms with Gasteiger partial charge in [0.1, 0.15) is 0 Å². The van der Waals surface area contributed by atoms with Gasteiger partial charge in [-0.05, 0) is 92.1 Å². The Hall–Kier alpha value is -1.42. The summed E-state index contributed by atoms with van der Waals surface area (Å²) in [7, 11) is 1.92. The number of hydrogen-bond donors (Lipinski definition) is 1. The molecule has 1 aromatic heterocycles. The molecule has 0 aromatic carbocycles.